The van der Waals surface area contributed by atoms with Crippen molar-refractivity contribution in [1.29, 1.82) is 0 Å². The monoisotopic (exact) mass is 260 g/mol. The van der Waals surface area contributed by atoms with Crippen molar-refractivity contribution in [1.82, 2.24) is 0 Å². The Labute approximate surface area is 99.5 Å². The van der Waals surface area contributed by atoms with Crippen LogP contribution in [-0.4, -0.2) is 34.0 Å². The average Bonchev–Trinajstić information content (AvgIpc) is 2.64. The highest BCUT2D eigenvalue weighted by molar-refractivity contribution is 7.86. The smallest absolute Gasteiger partial charge is 0.264 e. The van der Waals surface area contributed by atoms with E-state index in [1.807, 2.05) is 0 Å². The van der Waals surface area contributed by atoms with E-state index in [9.17, 15) is 12.8 Å². The molecule has 0 bridgehead atoms. The van der Waals surface area contributed by atoms with Crippen molar-refractivity contribution in [3.05, 3.63) is 35.6 Å². The van der Waals surface area contributed by atoms with E-state index in [2.05, 4.69) is 0 Å². The molecule has 0 spiro atoms. The van der Waals surface area contributed by atoms with Crippen molar-refractivity contribution in [3.8, 4) is 0 Å². The van der Waals surface area contributed by atoms with Gasteiger partial charge in [0.1, 0.15) is 11.9 Å². The summed E-state index contributed by atoms with van der Waals surface area (Å²) in [5.74, 6) is -0.501. The zero-order chi connectivity index (χ0) is 12.5. The summed E-state index contributed by atoms with van der Waals surface area (Å²) in [4.78, 5) is 0. The van der Waals surface area contributed by atoms with E-state index in [-0.39, 0.29) is 18.3 Å². The Morgan fingerprint density at radius 3 is 2.53 bits per heavy atom. The van der Waals surface area contributed by atoms with Gasteiger partial charge in [0.05, 0.1) is 19.5 Å². The fourth-order valence-electron chi connectivity index (χ4n) is 1.87. The van der Waals surface area contributed by atoms with Gasteiger partial charge in [-0.25, -0.2) is 4.39 Å². The summed E-state index contributed by atoms with van der Waals surface area (Å²) in [5, 5.41) is 0. The molecule has 94 valence electrons. The van der Waals surface area contributed by atoms with Crippen LogP contribution >= 0.6 is 0 Å². The number of hydrogen-bond donors (Lipinski definition) is 0. The van der Waals surface area contributed by atoms with Gasteiger partial charge in [0, 0.05) is 5.92 Å². The van der Waals surface area contributed by atoms with Crippen LogP contribution in [0.15, 0.2) is 24.3 Å². The molecule has 1 aliphatic rings. The van der Waals surface area contributed by atoms with E-state index in [4.69, 9.17) is 8.92 Å². The fourth-order valence-corrected chi connectivity index (χ4v) is 2.51. The number of rotatable bonds is 3. The molecule has 1 fully saturated rings. The lowest BCUT2D eigenvalue weighted by Crippen LogP contribution is -2.23. The molecule has 4 nitrogen and oxygen atoms in total. The standard InChI is InChI=1S/C11H13FO4S/c1-17(13,14)16-11-7-15-6-10(11)8-2-4-9(12)5-3-8/h2-5,10-11H,6-7H2,1H3/t10-,11+/m0/s1. The van der Waals surface area contributed by atoms with Crippen LogP contribution in [0.1, 0.15) is 11.5 Å². The quantitative estimate of drug-likeness (QED) is 0.768. The molecule has 6 heteroatoms. The second-order valence-corrected chi connectivity index (χ2v) is 5.64. The summed E-state index contributed by atoms with van der Waals surface area (Å²) in [7, 11) is -3.51. The van der Waals surface area contributed by atoms with E-state index < -0.39 is 16.2 Å². The molecule has 0 N–H and O–H groups in total. The Balaban J connectivity index is 2.17. The molecule has 2 atom stereocenters. The minimum Gasteiger partial charge on any atom is -0.378 e. The highest BCUT2D eigenvalue weighted by atomic mass is 32.2. The predicted molar refractivity (Wildman–Crippen MR) is 59.7 cm³/mol. The summed E-state index contributed by atoms with van der Waals surface area (Å²) >= 11 is 0. The van der Waals surface area contributed by atoms with Crippen molar-refractivity contribution in [2.24, 2.45) is 0 Å². The Kier molecular flexibility index (Phi) is 3.46. The van der Waals surface area contributed by atoms with Crippen LogP contribution in [0, 0.1) is 5.82 Å². The Morgan fingerprint density at radius 1 is 1.29 bits per heavy atom. The topological polar surface area (TPSA) is 52.6 Å². The summed E-state index contributed by atoms with van der Waals surface area (Å²) < 4.78 is 45.1. The number of benzene rings is 1. The predicted octanol–water partition coefficient (Wildman–Crippen LogP) is 1.28. The molecular weight excluding hydrogens is 247 g/mol. The number of ether oxygens (including phenoxy) is 1. The second-order valence-electron chi connectivity index (χ2n) is 4.03. The maximum atomic E-state index is 12.8. The first-order chi connectivity index (χ1) is 7.96. The molecule has 0 unspecified atom stereocenters. The molecule has 1 aromatic rings. The molecule has 0 radical (unpaired) electrons. The van der Waals surface area contributed by atoms with E-state index in [0.717, 1.165) is 11.8 Å². The van der Waals surface area contributed by atoms with Crippen LogP contribution in [-0.2, 0) is 19.0 Å². The number of halogens is 1. The van der Waals surface area contributed by atoms with Gasteiger partial charge in [-0.2, -0.15) is 8.42 Å². The molecule has 1 heterocycles. The van der Waals surface area contributed by atoms with Gasteiger partial charge in [0.25, 0.3) is 10.1 Å². The normalized spacial score (nSPS) is 25.1. The lowest BCUT2D eigenvalue weighted by atomic mass is 9.96. The van der Waals surface area contributed by atoms with Gasteiger partial charge >= 0.3 is 0 Å². The lowest BCUT2D eigenvalue weighted by molar-refractivity contribution is 0.145. The molecule has 17 heavy (non-hydrogen) atoms. The van der Waals surface area contributed by atoms with E-state index >= 15 is 0 Å². The van der Waals surface area contributed by atoms with Crippen molar-refractivity contribution >= 4 is 10.1 Å². The zero-order valence-electron chi connectivity index (χ0n) is 9.30. The Hall–Kier alpha value is -0.980. The van der Waals surface area contributed by atoms with Crippen LogP contribution in [0.25, 0.3) is 0 Å². The van der Waals surface area contributed by atoms with Crippen LogP contribution in [0.4, 0.5) is 4.39 Å². The van der Waals surface area contributed by atoms with Gasteiger partial charge in [0.2, 0.25) is 0 Å². The molecular formula is C11H13FO4S. The van der Waals surface area contributed by atoms with Crippen molar-refractivity contribution in [2.45, 2.75) is 12.0 Å². The van der Waals surface area contributed by atoms with E-state index in [1.165, 1.54) is 12.1 Å². The van der Waals surface area contributed by atoms with Gasteiger partial charge in [-0.05, 0) is 17.7 Å². The highest BCUT2D eigenvalue weighted by Crippen LogP contribution is 2.28. The summed E-state index contributed by atoms with van der Waals surface area (Å²) in [6, 6.07) is 5.91. The third-order valence-electron chi connectivity index (χ3n) is 2.62. The third-order valence-corrected chi connectivity index (χ3v) is 3.22. The SMILES string of the molecule is CS(=O)(=O)O[C@@H]1COC[C@H]1c1ccc(F)cc1. The highest BCUT2D eigenvalue weighted by Gasteiger charge is 2.33. The average molecular weight is 260 g/mol. The van der Waals surface area contributed by atoms with Crippen LogP contribution < -0.4 is 0 Å². The molecule has 0 saturated carbocycles. The summed E-state index contributed by atoms with van der Waals surface area (Å²) in [6.45, 7) is 0.612. The van der Waals surface area contributed by atoms with Gasteiger partial charge in [-0.1, -0.05) is 12.1 Å². The van der Waals surface area contributed by atoms with Crippen molar-refractivity contribution in [3.63, 3.8) is 0 Å². The maximum absolute atomic E-state index is 12.8. The molecule has 0 amide bonds. The van der Waals surface area contributed by atoms with E-state index in [1.54, 1.807) is 12.1 Å². The molecule has 1 saturated heterocycles. The van der Waals surface area contributed by atoms with Crippen LogP contribution in [0.3, 0.4) is 0 Å². The number of hydrogen-bond acceptors (Lipinski definition) is 4. The van der Waals surface area contributed by atoms with Crippen LogP contribution in [0.5, 0.6) is 0 Å². The first-order valence-corrected chi connectivity index (χ1v) is 6.99. The Morgan fingerprint density at radius 2 is 1.94 bits per heavy atom. The first-order valence-electron chi connectivity index (χ1n) is 5.17. The molecule has 1 aromatic carbocycles. The molecule has 0 aromatic heterocycles. The minimum atomic E-state index is -3.51. The lowest BCUT2D eigenvalue weighted by Gasteiger charge is -2.16. The minimum absolute atomic E-state index is 0.176. The summed E-state index contributed by atoms with van der Waals surface area (Å²) in [5.41, 5.74) is 0.817. The maximum Gasteiger partial charge on any atom is 0.264 e. The molecule has 1 aliphatic heterocycles. The zero-order valence-corrected chi connectivity index (χ0v) is 10.1. The largest absolute Gasteiger partial charge is 0.378 e. The Bertz CT molecular complexity index is 483. The van der Waals surface area contributed by atoms with Gasteiger partial charge in [-0.15, -0.1) is 0 Å². The fraction of sp³-hybridized carbons (Fsp3) is 0.455. The summed E-state index contributed by atoms with van der Waals surface area (Å²) in [6.07, 6.45) is 0.475. The van der Waals surface area contributed by atoms with Gasteiger partial charge in [0.15, 0.2) is 0 Å². The van der Waals surface area contributed by atoms with E-state index in [0.29, 0.717) is 6.61 Å². The second kappa shape index (κ2) is 4.72. The third kappa shape index (κ3) is 3.24. The van der Waals surface area contributed by atoms with Gasteiger partial charge < -0.3 is 4.74 Å². The van der Waals surface area contributed by atoms with Crippen molar-refractivity contribution in [2.75, 3.05) is 19.5 Å². The van der Waals surface area contributed by atoms with Crippen LogP contribution in [0.2, 0.25) is 0 Å². The molecule has 0 aliphatic carbocycles. The van der Waals surface area contributed by atoms with Gasteiger partial charge in [-0.3, -0.25) is 4.18 Å². The first kappa shape index (κ1) is 12.5. The van der Waals surface area contributed by atoms with Crippen molar-refractivity contribution < 1.29 is 21.7 Å². The molecule has 2 rings (SSSR count).